The quantitative estimate of drug-likeness (QED) is 0.128. The molecular formula is C33H34N2O5. The van der Waals surface area contributed by atoms with Gasteiger partial charge < -0.3 is 24.6 Å². The van der Waals surface area contributed by atoms with Gasteiger partial charge in [0.2, 0.25) is 0 Å². The third-order valence-electron chi connectivity index (χ3n) is 6.78. The summed E-state index contributed by atoms with van der Waals surface area (Å²) in [5.41, 5.74) is 8.63. The largest absolute Gasteiger partial charge is 0.496 e. The Kier molecular flexibility index (Phi) is 8.74. The highest BCUT2D eigenvalue weighted by Crippen LogP contribution is 2.36. The number of hydrogen-bond acceptors (Lipinski definition) is 7. The van der Waals surface area contributed by atoms with Crippen molar-refractivity contribution in [2.24, 2.45) is 10.3 Å². The Labute approximate surface area is 235 Å². The number of hydrogen-bond donors (Lipinski definition) is 2. The van der Waals surface area contributed by atoms with Gasteiger partial charge in [0.05, 0.1) is 25.1 Å². The molecule has 0 aliphatic heterocycles. The Morgan fingerprint density at radius 3 is 1.50 bits per heavy atom. The fourth-order valence-electron chi connectivity index (χ4n) is 5.00. The van der Waals surface area contributed by atoms with Crippen molar-refractivity contribution in [1.29, 1.82) is 0 Å². The highest BCUT2D eigenvalue weighted by atomic mass is 16.5. The van der Waals surface area contributed by atoms with Gasteiger partial charge in [-0.2, -0.15) is 0 Å². The maximum absolute atomic E-state index is 9.13. The Balaban J connectivity index is 1.59. The van der Waals surface area contributed by atoms with E-state index in [0.717, 1.165) is 56.9 Å². The van der Waals surface area contributed by atoms with E-state index in [-0.39, 0.29) is 0 Å². The van der Waals surface area contributed by atoms with Crippen LogP contribution in [0.4, 0.5) is 0 Å². The molecule has 206 valence electrons. The summed E-state index contributed by atoms with van der Waals surface area (Å²) in [4.78, 5) is 0. The van der Waals surface area contributed by atoms with Crippen LogP contribution in [0.5, 0.6) is 28.7 Å². The number of ether oxygens (including phenoxy) is 3. The van der Waals surface area contributed by atoms with Crippen molar-refractivity contribution in [3.05, 3.63) is 111 Å². The summed E-state index contributed by atoms with van der Waals surface area (Å²) >= 11 is 0. The minimum absolute atomic E-state index is 0.542. The second-order valence-corrected chi connectivity index (χ2v) is 9.85. The van der Waals surface area contributed by atoms with Crippen LogP contribution in [0.25, 0.3) is 0 Å². The first-order valence-electron chi connectivity index (χ1n) is 12.9. The van der Waals surface area contributed by atoms with Crippen LogP contribution < -0.4 is 14.2 Å². The summed E-state index contributed by atoms with van der Waals surface area (Å²) in [5, 5.41) is 24.6. The van der Waals surface area contributed by atoms with Crippen molar-refractivity contribution in [3.8, 4) is 28.7 Å². The average molecular weight is 539 g/mol. The van der Waals surface area contributed by atoms with Gasteiger partial charge in [0.25, 0.3) is 0 Å². The van der Waals surface area contributed by atoms with E-state index in [0.29, 0.717) is 22.8 Å². The zero-order chi connectivity index (χ0) is 28.8. The van der Waals surface area contributed by atoms with Crippen LogP contribution >= 0.6 is 0 Å². The van der Waals surface area contributed by atoms with Crippen LogP contribution in [-0.2, 0) is 6.42 Å². The lowest BCUT2D eigenvalue weighted by Gasteiger charge is -2.18. The van der Waals surface area contributed by atoms with Crippen LogP contribution in [0.15, 0.2) is 71.0 Å². The van der Waals surface area contributed by atoms with Gasteiger partial charge in [0.15, 0.2) is 0 Å². The molecule has 0 atom stereocenters. The lowest BCUT2D eigenvalue weighted by atomic mass is 9.97. The van der Waals surface area contributed by atoms with Gasteiger partial charge in [-0.3, -0.25) is 0 Å². The van der Waals surface area contributed by atoms with Gasteiger partial charge in [-0.1, -0.05) is 52.8 Å². The maximum Gasteiger partial charge on any atom is 0.140 e. The van der Waals surface area contributed by atoms with Crippen LogP contribution in [-0.4, -0.2) is 30.0 Å². The van der Waals surface area contributed by atoms with Crippen molar-refractivity contribution in [2.75, 3.05) is 7.11 Å². The van der Waals surface area contributed by atoms with Crippen LogP contribution in [0.3, 0.4) is 0 Å². The number of aryl methyl sites for hydroxylation is 5. The summed E-state index contributed by atoms with van der Waals surface area (Å²) in [7, 11) is 1.56. The zero-order valence-corrected chi connectivity index (χ0v) is 23.6. The SMILES string of the molecule is COc1cccc(Oc2c(C)cc(Cc3cc(C)c(Oc4cccc(C)c4/C=N\O)c(C)c3)cc2C)c1/C=N\O. The fraction of sp³-hybridized carbons (Fsp3) is 0.212. The smallest absolute Gasteiger partial charge is 0.140 e. The Bertz CT molecular complexity index is 1540. The Hall–Kier alpha value is -4.78. The standard InChI is InChI=1S/C33H34N2O5/c1-20-9-7-11-30(27(20)18-34-36)39-32-21(2)13-25(14-22(32)3)17-26-15-23(4)33(24(5)16-26)40-31-12-8-10-29(38-6)28(31)19-35-37/h7-16,18-19,36-37H,17H2,1-6H3/b34-18-,35-19-. The third-order valence-corrected chi connectivity index (χ3v) is 6.78. The lowest BCUT2D eigenvalue weighted by Crippen LogP contribution is -2.00. The molecule has 0 heterocycles. The molecule has 0 radical (unpaired) electrons. The van der Waals surface area contributed by atoms with Gasteiger partial charge >= 0.3 is 0 Å². The van der Waals surface area contributed by atoms with Crippen molar-refractivity contribution in [1.82, 2.24) is 0 Å². The Morgan fingerprint density at radius 1 is 0.600 bits per heavy atom. The predicted molar refractivity (Wildman–Crippen MR) is 158 cm³/mol. The molecule has 0 aromatic heterocycles. The molecule has 4 aromatic carbocycles. The second-order valence-electron chi connectivity index (χ2n) is 9.85. The summed E-state index contributed by atoms with van der Waals surface area (Å²) in [5.74, 6) is 3.28. The van der Waals surface area contributed by atoms with E-state index in [2.05, 4.69) is 34.6 Å². The summed E-state index contributed by atoms with van der Waals surface area (Å²) in [6, 6.07) is 19.7. The molecule has 0 saturated carbocycles. The molecular weight excluding hydrogens is 504 g/mol. The first-order chi connectivity index (χ1) is 19.2. The normalized spacial score (nSPS) is 11.3. The summed E-state index contributed by atoms with van der Waals surface area (Å²) in [6.07, 6.45) is 3.46. The van der Waals surface area contributed by atoms with E-state index in [1.165, 1.54) is 18.0 Å². The van der Waals surface area contributed by atoms with E-state index in [9.17, 15) is 0 Å². The topological polar surface area (TPSA) is 92.9 Å². The average Bonchev–Trinajstić information content (AvgIpc) is 2.91. The molecule has 0 spiro atoms. The second kappa shape index (κ2) is 12.4. The van der Waals surface area contributed by atoms with Gasteiger partial charge in [0.1, 0.15) is 28.7 Å². The van der Waals surface area contributed by atoms with E-state index in [1.807, 2.05) is 65.0 Å². The molecule has 0 amide bonds. The van der Waals surface area contributed by atoms with Crippen LogP contribution in [0.1, 0.15) is 50.1 Å². The van der Waals surface area contributed by atoms with Gasteiger partial charge in [-0.15, -0.1) is 0 Å². The number of methoxy groups -OCH3 is 1. The molecule has 0 bridgehead atoms. The minimum Gasteiger partial charge on any atom is -0.496 e. The highest BCUT2D eigenvalue weighted by molar-refractivity contribution is 5.87. The van der Waals surface area contributed by atoms with E-state index < -0.39 is 0 Å². The first kappa shape index (κ1) is 28.2. The van der Waals surface area contributed by atoms with Crippen molar-refractivity contribution in [2.45, 2.75) is 41.0 Å². The molecule has 0 unspecified atom stereocenters. The predicted octanol–water partition coefficient (Wildman–Crippen LogP) is 8.03. The van der Waals surface area contributed by atoms with Gasteiger partial charge in [0, 0.05) is 5.56 Å². The maximum atomic E-state index is 9.13. The van der Waals surface area contributed by atoms with Crippen LogP contribution in [0.2, 0.25) is 0 Å². The van der Waals surface area contributed by atoms with E-state index >= 15 is 0 Å². The van der Waals surface area contributed by atoms with Crippen molar-refractivity contribution in [3.63, 3.8) is 0 Å². The first-order valence-corrected chi connectivity index (χ1v) is 12.9. The molecule has 2 N–H and O–H groups in total. The monoisotopic (exact) mass is 538 g/mol. The summed E-state index contributed by atoms with van der Waals surface area (Å²) in [6.45, 7) is 10.1. The molecule has 7 nitrogen and oxygen atoms in total. The zero-order valence-electron chi connectivity index (χ0n) is 23.6. The van der Waals surface area contributed by atoms with Crippen molar-refractivity contribution < 1.29 is 24.6 Å². The minimum atomic E-state index is 0.542. The highest BCUT2D eigenvalue weighted by Gasteiger charge is 2.15. The van der Waals surface area contributed by atoms with Gasteiger partial charge in [-0.25, -0.2) is 0 Å². The van der Waals surface area contributed by atoms with Crippen molar-refractivity contribution >= 4 is 12.4 Å². The third kappa shape index (κ3) is 6.10. The number of benzene rings is 4. The molecule has 4 rings (SSSR count). The Morgan fingerprint density at radius 2 is 1.02 bits per heavy atom. The molecule has 40 heavy (non-hydrogen) atoms. The lowest BCUT2D eigenvalue weighted by molar-refractivity contribution is 0.321. The number of rotatable bonds is 9. The number of nitrogens with zero attached hydrogens (tertiary/aromatic N) is 2. The molecule has 0 aliphatic rings. The van der Waals surface area contributed by atoms with E-state index in [1.54, 1.807) is 13.2 Å². The molecule has 4 aromatic rings. The molecule has 0 saturated heterocycles. The fourth-order valence-corrected chi connectivity index (χ4v) is 5.00. The van der Waals surface area contributed by atoms with E-state index in [4.69, 9.17) is 24.6 Å². The summed E-state index contributed by atoms with van der Waals surface area (Å²) < 4.78 is 18.0. The molecule has 0 fully saturated rings. The number of oxime groups is 2. The van der Waals surface area contributed by atoms with Crippen LogP contribution in [0, 0.1) is 34.6 Å². The molecule has 7 heteroatoms. The van der Waals surface area contributed by atoms with Gasteiger partial charge in [-0.05, 0) is 98.2 Å². The molecule has 0 aliphatic carbocycles.